The lowest BCUT2D eigenvalue weighted by atomic mass is 9.86. The smallest absolute Gasteiger partial charge is 0.413 e. The first-order valence-electron chi connectivity index (χ1n) is 14.1. The molecule has 0 spiro atoms. The Kier molecular flexibility index (Phi) is 9.95. The topological polar surface area (TPSA) is 134 Å². The monoisotopic (exact) mass is 591 g/mol. The van der Waals surface area contributed by atoms with Crippen molar-refractivity contribution in [1.82, 2.24) is 9.97 Å². The van der Waals surface area contributed by atoms with E-state index in [4.69, 9.17) is 4.74 Å². The fourth-order valence-corrected chi connectivity index (χ4v) is 5.38. The summed E-state index contributed by atoms with van der Waals surface area (Å²) >= 11 is 1.23. The lowest BCUT2D eigenvalue weighted by Crippen LogP contribution is -2.32. The van der Waals surface area contributed by atoms with Gasteiger partial charge in [0.25, 0.3) is 5.91 Å². The summed E-state index contributed by atoms with van der Waals surface area (Å²) in [6, 6.07) is 11.6. The lowest BCUT2D eigenvalue weighted by molar-refractivity contribution is -0.113. The number of hydrogen-bond donors (Lipinski definition) is 3. The second kappa shape index (κ2) is 13.6. The van der Waals surface area contributed by atoms with Crippen LogP contribution in [0.1, 0.15) is 70.2 Å². The van der Waals surface area contributed by atoms with Crippen molar-refractivity contribution in [2.75, 3.05) is 22.1 Å². The van der Waals surface area contributed by atoms with Crippen molar-refractivity contribution in [3.05, 3.63) is 70.4 Å². The van der Waals surface area contributed by atoms with Crippen molar-refractivity contribution in [1.29, 1.82) is 0 Å². The summed E-state index contributed by atoms with van der Waals surface area (Å²) < 4.78 is 5.23. The van der Waals surface area contributed by atoms with Crippen molar-refractivity contribution >= 4 is 51.6 Å². The summed E-state index contributed by atoms with van der Waals surface area (Å²) in [6.07, 6.45) is 4.56. The van der Waals surface area contributed by atoms with Gasteiger partial charge in [-0.3, -0.25) is 15.0 Å². The molecule has 11 heteroatoms. The predicted molar refractivity (Wildman–Crippen MR) is 165 cm³/mol. The Morgan fingerprint density at radius 3 is 2.43 bits per heavy atom. The molecule has 222 valence electrons. The second-order valence-corrected chi connectivity index (χ2v) is 11.9. The minimum Gasteiger partial charge on any atom is -0.465 e. The molecule has 3 N–H and O–H groups in total. The second-order valence-electron chi connectivity index (χ2n) is 11.0. The van der Waals surface area contributed by atoms with Gasteiger partial charge >= 0.3 is 12.2 Å². The van der Waals surface area contributed by atoms with Crippen LogP contribution in [-0.4, -0.2) is 45.3 Å². The Morgan fingerprint density at radius 1 is 1.05 bits per heavy atom. The number of carbonyl (C=O) groups is 3. The lowest BCUT2D eigenvalue weighted by Gasteiger charge is -2.21. The molecule has 0 unspecified atom stereocenters. The van der Waals surface area contributed by atoms with Crippen molar-refractivity contribution in [2.45, 2.75) is 71.8 Å². The van der Waals surface area contributed by atoms with E-state index in [-0.39, 0.29) is 18.3 Å². The maximum absolute atomic E-state index is 13.3. The zero-order valence-corrected chi connectivity index (χ0v) is 25.2. The molecule has 1 aliphatic carbocycles. The number of allylic oxidation sites excluding steroid dienone is 1. The molecule has 0 fully saturated rings. The Morgan fingerprint density at radius 2 is 1.79 bits per heavy atom. The number of carbonyl (C=O) groups excluding carboxylic acids is 2. The van der Waals surface area contributed by atoms with Gasteiger partial charge in [-0.15, -0.1) is 11.3 Å². The van der Waals surface area contributed by atoms with Crippen LogP contribution < -0.4 is 15.5 Å². The van der Waals surface area contributed by atoms with E-state index in [2.05, 4.69) is 51.8 Å². The molecule has 10 nitrogen and oxygen atoms in total. The number of nitrogens with zero attached hydrogens (tertiary/aromatic N) is 3. The van der Waals surface area contributed by atoms with Crippen LogP contribution in [0.4, 0.5) is 26.2 Å². The van der Waals surface area contributed by atoms with Gasteiger partial charge < -0.3 is 15.2 Å². The Hall–Kier alpha value is -4.25. The Balaban J connectivity index is 1.39. The van der Waals surface area contributed by atoms with Gasteiger partial charge in [0, 0.05) is 23.9 Å². The van der Waals surface area contributed by atoms with E-state index in [1.165, 1.54) is 23.1 Å². The van der Waals surface area contributed by atoms with Crippen LogP contribution >= 0.6 is 11.3 Å². The van der Waals surface area contributed by atoms with Crippen LogP contribution in [0.25, 0.3) is 5.57 Å². The average molecular weight is 592 g/mol. The number of anilines is 3. The number of amides is 3. The highest BCUT2D eigenvalue weighted by Crippen LogP contribution is 2.33. The largest absolute Gasteiger partial charge is 0.465 e. The van der Waals surface area contributed by atoms with Crippen molar-refractivity contribution < 1.29 is 24.2 Å². The third-order valence-electron chi connectivity index (χ3n) is 6.72. The van der Waals surface area contributed by atoms with Gasteiger partial charge in [0.15, 0.2) is 5.13 Å². The Bertz CT molecular complexity index is 1440. The number of benzene rings is 1. The molecule has 0 saturated carbocycles. The van der Waals surface area contributed by atoms with Crippen LogP contribution in [0.5, 0.6) is 0 Å². The first-order valence-corrected chi connectivity index (χ1v) is 14.9. The summed E-state index contributed by atoms with van der Waals surface area (Å²) in [5.74, 6) is 0.0738. The van der Waals surface area contributed by atoms with E-state index >= 15 is 0 Å². The zero-order chi connectivity index (χ0) is 30.3. The summed E-state index contributed by atoms with van der Waals surface area (Å²) in [6.45, 7) is 7.54. The summed E-state index contributed by atoms with van der Waals surface area (Å²) in [7, 11) is 0. The fraction of sp³-hybridized carbons (Fsp3) is 0.387. The summed E-state index contributed by atoms with van der Waals surface area (Å²) in [5.41, 5.74) is 4.69. The average Bonchev–Trinajstić information content (AvgIpc) is 3.39. The fourth-order valence-electron chi connectivity index (χ4n) is 4.65. The molecule has 42 heavy (non-hydrogen) atoms. The quantitative estimate of drug-likeness (QED) is 0.241. The minimum atomic E-state index is -1.16. The third-order valence-corrected chi connectivity index (χ3v) is 7.52. The van der Waals surface area contributed by atoms with E-state index in [1.54, 1.807) is 38.3 Å². The van der Waals surface area contributed by atoms with Crippen molar-refractivity contribution in [3.8, 4) is 0 Å². The molecule has 1 aliphatic rings. The number of aromatic nitrogens is 2. The van der Waals surface area contributed by atoms with Gasteiger partial charge in [0.1, 0.15) is 11.4 Å². The Labute approximate surface area is 249 Å². The van der Waals surface area contributed by atoms with Gasteiger partial charge in [-0.1, -0.05) is 31.2 Å². The van der Waals surface area contributed by atoms with E-state index in [0.717, 1.165) is 47.3 Å². The van der Waals surface area contributed by atoms with Crippen molar-refractivity contribution in [2.24, 2.45) is 0 Å². The molecule has 2 aromatic heterocycles. The third kappa shape index (κ3) is 8.39. The number of hydrogen-bond acceptors (Lipinski definition) is 7. The normalized spacial score (nSPS) is 13.4. The highest BCUT2D eigenvalue weighted by Gasteiger charge is 2.22. The van der Waals surface area contributed by atoms with Gasteiger partial charge in [-0.2, -0.15) is 0 Å². The zero-order valence-electron chi connectivity index (χ0n) is 24.4. The maximum atomic E-state index is 13.3. The number of aryl methyl sites for hydroxylation is 1. The standard InChI is InChI=1S/C31H37N5O5S/c1-5-20-10-12-21(13-11-20)24-8-6-7-9-25(24)27(37)33-22-14-15-26(32-18-22)36(30(39)40)17-16-23-19-42-28(34-23)35-29(38)41-31(2,3)4/h10-15,18-19H,5-9,16-17H2,1-4H3,(H,33,37)(H,39,40)(H,34,35,38). The van der Waals surface area contributed by atoms with E-state index in [1.807, 2.05) is 0 Å². The van der Waals surface area contributed by atoms with Crippen LogP contribution in [0.15, 0.2) is 53.5 Å². The maximum Gasteiger partial charge on any atom is 0.413 e. The summed E-state index contributed by atoms with van der Waals surface area (Å²) in [5, 5.41) is 17.5. The SMILES string of the molecule is CCc1ccc(C2=C(C(=O)Nc3ccc(N(CCc4csc(NC(=O)OC(C)(C)C)n4)C(=O)O)nc3)CCCC2)cc1. The minimum absolute atomic E-state index is 0.108. The van der Waals surface area contributed by atoms with E-state index in [9.17, 15) is 19.5 Å². The molecular weight excluding hydrogens is 554 g/mol. The number of rotatable bonds is 9. The molecule has 0 bridgehead atoms. The highest BCUT2D eigenvalue weighted by molar-refractivity contribution is 7.13. The first kappa shape index (κ1) is 30.7. The van der Waals surface area contributed by atoms with Gasteiger partial charge in [-0.05, 0) is 81.7 Å². The van der Waals surface area contributed by atoms with E-state index < -0.39 is 17.8 Å². The molecule has 2 heterocycles. The molecule has 4 rings (SSSR count). The summed E-state index contributed by atoms with van der Waals surface area (Å²) in [4.78, 5) is 47.0. The molecule has 0 saturated heterocycles. The van der Waals surface area contributed by atoms with Gasteiger partial charge in [-0.25, -0.2) is 19.6 Å². The molecule has 0 radical (unpaired) electrons. The molecule has 3 amide bonds. The predicted octanol–water partition coefficient (Wildman–Crippen LogP) is 7.14. The molecule has 3 aromatic rings. The highest BCUT2D eigenvalue weighted by atomic mass is 32.1. The van der Waals surface area contributed by atoms with Gasteiger partial charge in [0.05, 0.1) is 17.6 Å². The number of carboxylic acid groups (broad SMARTS) is 1. The van der Waals surface area contributed by atoms with Crippen LogP contribution in [0, 0.1) is 0 Å². The number of thiazole rings is 1. The molecule has 1 aromatic carbocycles. The molecular formula is C31H37N5O5S. The number of pyridine rings is 1. The van der Waals surface area contributed by atoms with Gasteiger partial charge in [0.2, 0.25) is 0 Å². The van der Waals surface area contributed by atoms with Crippen LogP contribution in [0.2, 0.25) is 0 Å². The number of nitrogens with one attached hydrogen (secondary N) is 2. The number of ether oxygens (including phenoxy) is 1. The molecule has 0 atom stereocenters. The van der Waals surface area contributed by atoms with Crippen molar-refractivity contribution in [3.63, 3.8) is 0 Å². The molecule has 0 aliphatic heterocycles. The van der Waals surface area contributed by atoms with Crippen LogP contribution in [-0.2, 0) is 22.4 Å². The first-order chi connectivity index (χ1) is 20.0. The van der Waals surface area contributed by atoms with E-state index in [0.29, 0.717) is 29.4 Å². The van der Waals surface area contributed by atoms with Crippen LogP contribution in [0.3, 0.4) is 0 Å².